The van der Waals surface area contributed by atoms with Gasteiger partial charge in [0.25, 0.3) is 0 Å². The number of aromatic hydroxyl groups is 1. The van der Waals surface area contributed by atoms with E-state index in [9.17, 15) is 18.3 Å². The highest BCUT2D eigenvalue weighted by Crippen LogP contribution is 2.33. The van der Waals surface area contributed by atoms with E-state index in [1.54, 1.807) is 0 Å². The summed E-state index contributed by atoms with van der Waals surface area (Å²) in [5, 5.41) is 17.5. The van der Waals surface area contributed by atoms with Gasteiger partial charge >= 0.3 is 6.36 Å². The van der Waals surface area contributed by atoms with Crippen molar-refractivity contribution in [3.63, 3.8) is 0 Å². The lowest BCUT2D eigenvalue weighted by atomic mass is 10.2. The van der Waals surface area contributed by atoms with E-state index in [-0.39, 0.29) is 17.2 Å². The zero-order valence-electron chi connectivity index (χ0n) is 10.7. The molecule has 0 amide bonds. The standard InChI is InChI=1S/C12H8F3N5O2/c13-12(14,15)22-6-1-2-7(8(21)5-6)10-19-18-9(16)11-17-3-4-20(10)11/h1-5,21H,(H2,16,18). The third-order valence-electron chi connectivity index (χ3n) is 2.79. The highest BCUT2D eigenvalue weighted by Gasteiger charge is 2.31. The Bertz CT molecular complexity index is 846. The molecular weight excluding hydrogens is 303 g/mol. The number of rotatable bonds is 2. The van der Waals surface area contributed by atoms with Crippen LogP contribution in [0.15, 0.2) is 30.6 Å². The van der Waals surface area contributed by atoms with Crippen LogP contribution >= 0.6 is 0 Å². The molecule has 0 unspecified atom stereocenters. The number of alkyl halides is 3. The third kappa shape index (κ3) is 2.45. The number of hydrogen-bond donors (Lipinski definition) is 2. The van der Waals surface area contributed by atoms with Crippen LogP contribution in [0.5, 0.6) is 11.5 Å². The number of fused-ring (bicyclic) bond motifs is 1. The van der Waals surface area contributed by atoms with Crippen molar-refractivity contribution in [1.82, 2.24) is 19.6 Å². The first-order chi connectivity index (χ1) is 10.3. The predicted octanol–water partition coefficient (Wildman–Crippen LogP) is 1.98. The van der Waals surface area contributed by atoms with Gasteiger partial charge in [0.2, 0.25) is 0 Å². The van der Waals surface area contributed by atoms with Crippen molar-refractivity contribution in [2.75, 3.05) is 5.73 Å². The zero-order valence-corrected chi connectivity index (χ0v) is 10.7. The number of benzene rings is 1. The van der Waals surface area contributed by atoms with Crippen molar-refractivity contribution in [1.29, 1.82) is 0 Å². The number of phenols is 1. The molecule has 2 aromatic heterocycles. The molecule has 10 heteroatoms. The Labute approximate surface area is 120 Å². The van der Waals surface area contributed by atoms with Gasteiger partial charge in [-0.3, -0.25) is 4.40 Å². The summed E-state index contributed by atoms with van der Waals surface area (Å²) >= 11 is 0. The number of nitrogens with two attached hydrogens (primary N) is 1. The van der Waals surface area contributed by atoms with Gasteiger partial charge in [0, 0.05) is 18.5 Å². The molecule has 3 rings (SSSR count). The van der Waals surface area contributed by atoms with E-state index >= 15 is 0 Å². The van der Waals surface area contributed by atoms with Crippen LogP contribution in [-0.4, -0.2) is 31.1 Å². The molecule has 0 saturated carbocycles. The maximum atomic E-state index is 12.2. The van der Waals surface area contributed by atoms with E-state index in [4.69, 9.17) is 5.73 Å². The largest absolute Gasteiger partial charge is 0.573 e. The zero-order chi connectivity index (χ0) is 15.9. The second-order valence-electron chi connectivity index (χ2n) is 4.26. The van der Waals surface area contributed by atoms with Crippen LogP contribution in [0.25, 0.3) is 17.0 Å². The van der Waals surface area contributed by atoms with Gasteiger partial charge < -0.3 is 15.6 Å². The summed E-state index contributed by atoms with van der Waals surface area (Å²) in [6.07, 6.45) is -1.85. The molecule has 0 spiro atoms. The molecule has 7 nitrogen and oxygen atoms in total. The molecule has 1 aromatic carbocycles. The molecule has 0 bridgehead atoms. The Kier molecular flexibility index (Phi) is 3.01. The molecule has 0 aliphatic carbocycles. The molecule has 22 heavy (non-hydrogen) atoms. The number of imidazole rings is 1. The van der Waals surface area contributed by atoms with Gasteiger partial charge in [0.15, 0.2) is 17.3 Å². The summed E-state index contributed by atoms with van der Waals surface area (Å²) < 4.78 is 41.7. The Morgan fingerprint density at radius 1 is 1.23 bits per heavy atom. The minimum Gasteiger partial charge on any atom is -0.507 e. The fraction of sp³-hybridized carbons (Fsp3) is 0.0833. The first-order valence-electron chi connectivity index (χ1n) is 5.89. The molecule has 0 fully saturated rings. The van der Waals surface area contributed by atoms with Gasteiger partial charge in [-0.2, -0.15) is 0 Å². The number of ether oxygens (including phenoxy) is 1. The second-order valence-corrected chi connectivity index (χ2v) is 4.26. The van der Waals surface area contributed by atoms with Crippen molar-refractivity contribution in [3.8, 4) is 22.9 Å². The summed E-state index contributed by atoms with van der Waals surface area (Å²) in [5.41, 5.74) is 6.09. The molecule has 3 N–H and O–H groups in total. The molecule has 0 aliphatic rings. The molecular formula is C12H8F3N5O2. The summed E-state index contributed by atoms with van der Waals surface area (Å²) in [6, 6.07) is 3.13. The van der Waals surface area contributed by atoms with E-state index in [1.165, 1.54) is 22.9 Å². The number of phenolic OH excluding ortho intramolecular Hbond substituents is 1. The van der Waals surface area contributed by atoms with Gasteiger partial charge in [-0.1, -0.05) is 0 Å². The van der Waals surface area contributed by atoms with Crippen molar-refractivity contribution < 1.29 is 23.0 Å². The van der Waals surface area contributed by atoms with E-state index in [0.29, 0.717) is 5.65 Å². The lowest BCUT2D eigenvalue weighted by Gasteiger charge is -2.11. The van der Waals surface area contributed by atoms with E-state index in [0.717, 1.165) is 12.1 Å². The van der Waals surface area contributed by atoms with Crippen LogP contribution in [0.4, 0.5) is 19.0 Å². The van der Waals surface area contributed by atoms with E-state index in [1.807, 2.05) is 0 Å². The first kappa shape index (κ1) is 13.9. The SMILES string of the molecule is Nc1nnc(-c2ccc(OC(F)(F)F)cc2O)n2ccnc12. The number of aromatic nitrogens is 4. The minimum absolute atomic E-state index is 0.0882. The van der Waals surface area contributed by atoms with Crippen molar-refractivity contribution in [2.45, 2.75) is 6.36 Å². The monoisotopic (exact) mass is 311 g/mol. The first-order valence-corrected chi connectivity index (χ1v) is 5.89. The number of nitrogen functional groups attached to an aromatic ring is 1. The van der Waals surface area contributed by atoms with Crippen LogP contribution in [0.1, 0.15) is 0 Å². The molecule has 0 atom stereocenters. The molecule has 2 heterocycles. The van der Waals surface area contributed by atoms with Crippen LogP contribution in [0, 0.1) is 0 Å². The van der Waals surface area contributed by atoms with Gasteiger partial charge in [-0.05, 0) is 12.1 Å². The summed E-state index contributed by atoms with van der Waals surface area (Å²) in [7, 11) is 0. The Hall–Kier alpha value is -3.04. The highest BCUT2D eigenvalue weighted by molar-refractivity contribution is 5.70. The van der Waals surface area contributed by atoms with Crippen molar-refractivity contribution in [3.05, 3.63) is 30.6 Å². The quantitative estimate of drug-likeness (QED) is 0.751. The van der Waals surface area contributed by atoms with Gasteiger partial charge in [0.05, 0.1) is 5.56 Å². The number of anilines is 1. The Morgan fingerprint density at radius 2 is 2.00 bits per heavy atom. The van der Waals surface area contributed by atoms with Crippen LogP contribution in [-0.2, 0) is 0 Å². The smallest absolute Gasteiger partial charge is 0.507 e. The molecule has 0 radical (unpaired) electrons. The van der Waals surface area contributed by atoms with Gasteiger partial charge in [-0.15, -0.1) is 23.4 Å². The maximum Gasteiger partial charge on any atom is 0.573 e. The van der Waals surface area contributed by atoms with E-state index < -0.39 is 17.9 Å². The van der Waals surface area contributed by atoms with Gasteiger partial charge in [0.1, 0.15) is 11.5 Å². The third-order valence-corrected chi connectivity index (χ3v) is 2.79. The van der Waals surface area contributed by atoms with Crippen LogP contribution in [0.3, 0.4) is 0 Å². The number of halogens is 3. The number of hydrogen-bond acceptors (Lipinski definition) is 6. The van der Waals surface area contributed by atoms with Crippen LogP contribution < -0.4 is 10.5 Å². The lowest BCUT2D eigenvalue weighted by molar-refractivity contribution is -0.274. The topological polar surface area (TPSA) is 98.6 Å². The highest BCUT2D eigenvalue weighted by atomic mass is 19.4. The fourth-order valence-corrected chi connectivity index (χ4v) is 1.94. The summed E-state index contributed by atoms with van der Waals surface area (Å²) in [6.45, 7) is 0. The lowest BCUT2D eigenvalue weighted by Crippen LogP contribution is -2.17. The average molecular weight is 311 g/mol. The Morgan fingerprint density at radius 3 is 2.68 bits per heavy atom. The molecule has 0 saturated heterocycles. The second kappa shape index (κ2) is 4.76. The van der Waals surface area contributed by atoms with Crippen molar-refractivity contribution >= 4 is 11.5 Å². The molecule has 114 valence electrons. The summed E-state index contributed by atoms with van der Waals surface area (Å²) in [5.74, 6) is -0.724. The minimum atomic E-state index is -4.84. The average Bonchev–Trinajstić information content (AvgIpc) is 2.88. The molecule has 0 aliphatic heterocycles. The molecule has 3 aromatic rings. The Balaban J connectivity index is 2.08. The maximum absolute atomic E-state index is 12.2. The predicted molar refractivity (Wildman–Crippen MR) is 69.0 cm³/mol. The normalized spacial score (nSPS) is 11.8. The fourth-order valence-electron chi connectivity index (χ4n) is 1.94. The van der Waals surface area contributed by atoms with Crippen molar-refractivity contribution in [2.24, 2.45) is 0 Å². The van der Waals surface area contributed by atoms with Gasteiger partial charge in [-0.25, -0.2) is 4.98 Å². The number of nitrogens with zero attached hydrogens (tertiary/aromatic N) is 4. The summed E-state index contributed by atoms with van der Waals surface area (Å²) in [4.78, 5) is 3.98. The van der Waals surface area contributed by atoms with Crippen LogP contribution in [0.2, 0.25) is 0 Å². The van der Waals surface area contributed by atoms with E-state index in [2.05, 4.69) is 19.9 Å².